The Labute approximate surface area is 116 Å². The molecule has 1 N–H and O–H groups in total. The number of benzene rings is 1. The average molecular weight is 280 g/mol. The van der Waals surface area contributed by atoms with Crippen LogP contribution in [0.3, 0.4) is 0 Å². The third-order valence-electron chi connectivity index (χ3n) is 4.57. The van der Waals surface area contributed by atoms with Crippen molar-refractivity contribution in [1.82, 2.24) is 0 Å². The van der Waals surface area contributed by atoms with E-state index in [0.717, 1.165) is 13.0 Å². The summed E-state index contributed by atoms with van der Waals surface area (Å²) < 4.78 is 19.3. The Balaban J connectivity index is 1.78. The molecule has 3 unspecified atom stereocenters. The van der Waals surface area contributed by atoms with Crippen molar-refractivity contribution in [3.8, 4) is 0 Å². The van der Waals surface area contributed by atoms with Crippen molar-refractivity contribution < 1.29 is 14.1 Å². The van der Waals surface area contributed by atoms with Gasteiger partial charge in [0.25, 0.3) is 0 Å². The van der Waals surface area contributed by atoms with Crippen molar-refractivity contribution in [2.24, 2.45) is 11.3 Å². The van der Waals surface area contributed by atoms with E-state index in [9.17, 15) is 14.5 Å². The first kappa shape index (κ1) is 13.3. The SMILES string of the molecule is CC1(C)C(Nc2ccc([N+](=O)[O-])c(F)c2)C2CCOC21. The van der Waals surface area contributed by atoms with E-state index in [0.29, 0.717) is 11.6 Å². The van der Waals surface area contributed by atoms with Crippen molar-refractivity contribution in [1.29, 1.82) is 0 Å². The monoisotopic (exact) mass is 280 g/mol. The van der Waals surface area contributed by atoms with Crippen LogP contribution < -0.4 is 5.32 Å². The molecule has 2 aliphatic rings. The lowest BCUT2D eigenvalue weighted by atomic mass is 9.57. The molecule has 0 bridgehead atoms. The third-order valence-corrected chi connectivity index (χ3v) is 4.57. The summed E-state index contributed by atoms with van der Waals surface area (Å²) in [6.07, 6.45) is 1.25. The fourth-order valence-electron chi connectivity index (χ4n) is 3.54. The largest absolute Gasteiger partial charge is 0.381 e. The molecule has 0 radical (unpaired) electrons. The van der Waals surface area contributed by atoms with Gasteiger partial charge in [-0.2, -0.15) is 4.39 Å². The van der Waals surface area contributed by atoms with Crippen LogP contribution in [0.2, 0.25) is 0 Å². The lowest BCUT2D eigenvalue weighted by Crippen LogP contribution is -2.63. The second-order valence-corrected chi connectivity index (χ2v) is 6.11. The maximum absolute atomic E-state index is 13.6. The third kappa shape index (κ3) is 1.86. The van der Waals surface area contributed by atoms with Gasteiger partial charge in [0.05, 0.1) is 11.0 Å². The highest BCUT2D eigenvalue weighted by atomic mass is 19.1. The van der Waals surface area contributed by atoms with Crippen molar-refractivity contribution in [2.45, 2.75) is 32.4 Å². The normalized spacial score (nSPS) is 30.4. The van der Waals surface area contributed by atoms with Gasteiger partial charge in [0, 0.05) is 41.8 Å². The molecule has 3 rings (SSSR count). The summed E-state index contributed by atoms with van der Waals surface area (Å²) in [4.78, 5) is 9.89. The maximum Gasteiger partial charge on any atom is 0.304 e. The van der Waals surface area contributed by atoms with Crippen LogP contribution in [0.1, 0.15) is 20.3 Å². The molecule has 1 aromatic carbocycles. The molecule has 1 heterocycles. The minimum atomic E-state index is -0.809. The number of nitrogens with zero attached hydrogens (tertiary/aromatic N) is 1. The van der Waals surface area contributed by atoms with Gasteiger partial charge in [-0.05, 0) is 12.5 Å². The molecule has 2 fully saturated rings. The van der Waals surface area contributed by atoms with Gasteiger partial charge in [-0.3, -0.25) is 10.1 Å². The number of nitro benzene ring substituents is 1. The molecule has 1 saturated carbocycles. The highest BCUT2D eigenvalue weighted by Gasteiger charge is 2.59. The zero-order valence-corrected chi connectivity index (χ0v) is 11.4. The quantitative estimate of drug-likeness (QED) is 0.683. The lowest BCUT2D eigenvalue weighted by molar-refractivity contribution is -0.387. The molecule has 0 aromatic heterocycles. The maximum atomic E-state index is 13.6. The van der Waals surface area contributed by atoms with E-state index < -0.39 is 16.4 Å². The molecule has 0 spiro atoms. The molecule has 1 aliphatic carbocycles. The van der Waals surface area contributed by atoms with E-state index >= 15 is 0 Å². The number of nitro groups is 1. The van der Waals surface area contributed by atoms with Crippen LogP contribution in [0.4, 0.5) is 15.8 Å². The van der Waals surface area contributed by atoms with Gasteiger partial charge in [-0.1, -0.05) is 13.8 Å². The molecule has 108 valence electrons. The van der Waals surface area contributed by atoms with E-state index in [1.54, 1.807) is 6.07 Å². The first-order valence-corrected chi connectivity index (χ1v) is 6.73. The molecule has 1 aromatic rings. The van der Waals surface area contributed by atoms with Gasteiger partial charge in [0.15, 0.2) is 0 Å². The minimum Gasteiger partial charge on any atom is -0.381 e. The predicted molar refractivity (Wildman–Crippen MR) is 72.1 cm³/mol. The van der Waals surface area contributed by atoms with Gasteiger partial charge in [0.2, 0.25) is 5.82 Å². The number of ether oxygens (including phenoxy) is 1. The first-order chi connectivity index (χ1) is 9.41. The van der Waals surface area contributed by atoms with Crippen LogP contribution in [-0.2, 0) is 4.74 Å². The number of nitrogens with one attached hydrogen (secondary N) is 1. The fourth-order valence-corrected chi connectivity index (χ4v) is 3.54. The Bertz CT molecular complexity index is 561. The highest BCUT2D eigenvalue weighted by Crippen LogP contribution is 2.53. The van der Waals surface area contributed by atoms with Crippen molar-refractivity contribution in [3.05, 3.63) is 34.1 Å². The van der Waals surface area contributed by atoms with Gasteiger partial charge < -0.3 is 10.1 Å². The number of halogens is 1. The standard InChI is InChI=1S/C14H17FN2O3/c1-14(2)12(9-5-6-20-13(9)14)16-8-3-4-11(17(18)19)10(15)7-8/h3-4,7,9,12-13,16H,5-6H2,1-2H3. The molecule has 6 heteroatoms. The highest BCUT2D eigenvalue weighted by molar-refractivity contribution is 5.51. The second kappa shape index (κ2) is 4.41. The van der Waals surface area contributed by atoms with Gasteiger partial charge in [-0.25, -0.2) is 0 Å². The topological polar surface area (TPSA) is 64.4 Å². The molecule has 1 saturated heterocycles. The van der Waals surface area contributed by atoms with E-state index in [2.05, 4.69) is 19.2 Å². The Morgan fingerprint density at radius 1 is 1.50 bits per heavy atom. The smallest absolute Gasteiger partial charge is 0.304 e. The van der Waals surface area contributed by atoms with Crippen LogP contribution in [0.5, 0.6) is 0 Å². The van der Waals surface area contributed by atoms with Gasteiger partial charge >= 0.3 is 5.69 Å². The Morgan fingerprint density at radius 2 is 2.25 bits per heavy atom. The van der Waals surface area contributed by atoms with Crippen molar-refractivity contribution >= 4 is 11.4 Å². The molecular weight excluding hydrogens is 263 g/mol. The summed E-state index contributed by atoms with van der Waals surface area (Å²) in [6, 6.07) is 4.15. The van der Waals surface area contributed by atoms with E-state index in [4.69, 9.17) is 4.74 Å². The van der Waals surface area contributed by atoms with E-state index in [1.807, 2.05) is 0 Å². The summed E-state index contributed by atoms with van der Waals surface area (Å²) in [5.41, 5.74) is 0.0707. The van der Waals surface area contributed by atoms with Crippen molar-refractivity contribution in [2.75, 3.05) is 11.9 Å². The van der Waals surface area contributed by atoms with Crippen molar-refractivity contribution in [3.63, 3.8) is 0 Å². The molecular formula is C14H17FN2O3. The summed E-state index contributed by atoms with van der Waals surface area (Å²) >= 11 is 0. The van der Waals surface area contributed by atoms with Crippen LogP contribution in [0.25, 0.3) is 0 Å². The lowest BCUT2D eigenvalue weighted by Gasteiger charge is -2.55. The van der Waals surface area contributed by atoms with E-state index in [1.165, 1.54) is 12.1 Å². The molecule has 1 aliphatic heterocycles. The van der Waals surface area contributed by atoms with Crippen LogP contribution in [0.15, 0.2) is 18.2 Å². The van der Waals surface area contributed by atoms with Crippen LogP contribution in [0, 0.1) is 27.3 Å². The summed E-state index contributed by atoms with van der Waals surface area (Å²) in [5.74, 6) is -0.375. The number of anilines is 1. The van der Waals surface area contributed by atoms with Crippen LogP contribution in [-0.4, -0.2) is 23.7 Å². The first-order valence-electron chi connectivity index (χ1n) is 6.73. The predicted octanol–water partition coefficient (Wildman–Crippen LogP) is 2.96. The Morgan fingerprint density at radius 3 is 2.90 bits per heavy atom. The van der Waals surface area contributed by atoms with Gasteiger partial charge in [-0.15, -0.1) is 0 Å². The number of rotatable bonds is 3. The van der Waals surface area contributed by atoms with Crippen LogP contribution >= 0.6 is 0 Å². The number of hydrogen-bond acceptors (Lipinski definition) is 4. The number of hydrogen-bond donors (Lipinski definition) is 1. The molecule has 5 nitrogen and oxygen atoms in total. The van der Waals surface area contributed by atoms with E-state index in [-0.39, 0.29) is 17.6 Å². The summed E-state index contributed by atoms with van der Waals surface area (Å²) in [6.45, 7) is 5.02. The second-order valence-electron chi connectivity index (χ2n) is 6.11. The fraction of sp³-hybridized carbons (Fsp3) is 0.571. The molecule has 0 amide bonds. The molecule has 3 atom stereocenters. The molecule has 20 heavy (non-hydrogen) atoms. The Kier molecular flexibility index (Phi) is 2.93. The zero-order chi connectivity index (χ0) is 14.5. The number of fused-ring (bicyclic) bond motifs is 1. The van der Waals surface area contributed by atoms with Gasteiger partial charge in [0.1, 0.15) is 0 Å². The average Bonchev–Trinajstić information content (AvgIpc) is 2.82. The summed E-state index contributed by atoms with van der Waals surface area (Å²) in [7, 11) is 0. The summed E-state index contributed by atoms with van der Waals surface area (Å²) in [5, 5.41) is 13.9. The zero-order valence-electron chi connectivity index (χ0n) is 11.4. The minimum absolute atomic E-state index is 0.0145. The Hall–Kier alpha value is -1.69.